The minimum Gasteiger partial charge on any atom is -0.333 e. The van der Waals surface area contributed by atoms with Gasteiger partial charge in [-0.15, -0.1) is 0 Å². The number of hydrogen-bond donors (Lipinski definition) is 0. The fourth-order valence-corrected chi connectivity index (χ4v) is 2.49. The van der Waals surface area contributed by atoms with Gasteiger partial charge in [-0.25, -0.2) is 4.98 Å². The fourth-order valence-electron chi connectivity index (χ4n) is 2.49. The van der Waals surface area contributed by atoms with E-state index >= 15 is 0 Å². The lowest BCUT2D eigenvalue weighted by atomic mass is 10.1. The summed E-state index contributed by atoms with van der Waals surface area (Å²) < 4.78 is 2.15. The van der Waals surface area contributed by atoms with Gasteiger partial charge in [-0.2, -0.15) is 0 Å². The highest BCUT2D eigenvalue weighted by molar-refractivity contribution is 5.82. The van der Waals surface area contributed by atoms with Crippen LogP contribution in [-0.2, 0) is 24.3 Å². The van der Waals surface area contributed by atoms with E-state index in [1.807, 2.05) is 42.7 Å². The molecule has 0 N–H and O–H groups in total. The average molecular weight is 255 g/mol. The van der Waals surface area contributed by atoms with E-state index in [0.29, 0.717) is 13.0 Å². The zero-order valence-electron chi connectivity index (χ0n) is 10.8. The van der Waals surface area contributed by atoms with Crippen LogP contribution in [0.5, 0.6) is 0 Å². The monoisotopic (exact) mass is 255 g/mol. The second-order valence-corrected chi connectivity index (χ2v) is 4.95. The molecule has 1 aliphatic rings. The molecular formula is C15H17N3O. The summed E-state index contributed by atoms with van der Waals surface area (Å²) in [6, 6.07) is 9.92. The van der Waals surface area contributed by atoms with Crippen LogP contribution in [0, 0.1) is 0 Å². The number of ketones is 1. The van der Waals surface area contributed by atoms with Gasteiger partial charge in [0.2, 0.25) is 0 Å². The Morgan fingerprint density at radius 2 is 2.05 bits per heavy atom. The van der Waals surface area contributed by atoms with Gasteiger partial charge in [-0.1, -0.05) is 30.3 Å². The smallest absolute Gasteiger partial charge is 0.151 e. The van der Waals surface area contributed by atoms with E-state index in [-0.39, 0.29) is 5.78 Å². The number of rotatable bonds is 4. The van der Waals surface area contributed by atoms with Crippen LogP contribution in [0.4, 0.5) is 0 Å². The average Bonchev–Trinajstić information content (AvgIpc) is 2.87. The molecule has 0 amide bonds. The number of benzene rings is 1. The van der Waals surface area contributed by atoms with E-state index in [2.05, 4.69) is 14.5 Å². The maximum absolute atomic E-state index is 12.1. The Morgan fingerprint density at radius 1 is 1.21 bits per heavy atom. The predicted octanol–water partition coefficient (Wildman–Crippen LogP) is 1.51. The third-order valence-electron chi connectivity index (χ3n) is 3.47. The Kier molecular flexibility index (Phi) is 3.42. The summed E-state index contributed by atoms with van der Waals surface area (Å²) in [5.74, 6) is 1.32. The lowest BCUT2D eigenvalue weighted by molar-refractivity contribution is -0.119. The molecule has 0 atom stereocenters. The molecule has 3 rings (SSSR count). The van der Waals surface area contributed by atoms with Crippen LogP contribution in [0.2, 0.25) is 0 Å². The van der Waals surface area contributed by atoms with E-state index in [0.717, 1.165) is 31.0 Å². The molecule has 1 aromatic heterocycles. The Hall–Kier alpha value is -1.94. The van der Waals surface area contributed by atoms with Crippen molar-refractivity contribution >= 4 is 5.78 Å². The van der Waals surface area contributed by atoms with Gasteiger partial charge in [-0.3, -0.25) is 9.69 Å². The maximum Gasteiger partial charge on any atom is 0.151 e. The lowest BCUT2D eigenvalue weighted by Gasteiger charge is -2.26. The number of imidazole rings is 1. The zero-order chi connectivity index (χ0) is 13.1. The highest BCUT2D eigenvalue weighted by atomic mass is 16.1. The first-order valence-electron chi connectivity index (χ1n) is 6.59. The third-order valence-corrected chi connectivity index (χ3v) is 3.47. The predicted molar refractivity (Wildman–Crippen MR) is 72.7 cm³/mol. The molecule has 4 heteroatoms. The van der Waals surface area contributed by atoms with Crippen LogP contribution in [0.3, 0.4) is 0 Å². The standard InChI is InChI=1S/C15H17N3O/c19-14(10-13-4-2-1-3-5-13)11-17-8-9-18-7-6-16-15(18)12-17/h1-7H,8-12H2. The SMILES string of the molecule is O=C(Cc1ccccc1)CN1CCn2ccnc2C1. The molecule has 0 aliphatic carbocycles. The fraction of sp³-hybridized carbons (Fsp3) is 0.333. The van der Waals surface area contributed by atoms with Crippen LogP contribution >= 0.6 is 0 Å². The number of fused-ring (bicyclic) bond motifs is 1. The summed E-state index contributed by atoms with van der Waals surface area (Å²) in [6.07, 6.45) is 4.34. The molecule has 0 saturated heterocycles. The number of Topliss-reactive ketones (excluding diaryl/α,β-unsaturated/α-hetero) is 1. The van der Waals surface area contributed by atoms with Gasteiger partial charge in [0.25, 0.3) is 0 Å². The molecule has 19 heavy (non-hydrogen) atoms. The lowest BCUT2D eigenvalue weighted by Crippen LogP contribution is -2.37. The number of hydrogen-bond acceptors (Lipinski definition) is 3. The second kappa shape index (κ2) is 5.36. The van der Waals surface area contributed by atoms with Crippen molar-refractivity contribution in [2.45, 2.75) is 19.5 Å². The molecule has 0 radical (unpaired) electrons. The molecule has 0 unspecified atom stereocenters. The zero-order valence-corrected chi connectivity index (χ0v) is 10.8. The quantitative estimate of drug-likeness (QED) is 0.831. The summed E-state index contributed by atoms with van der Waals surface area (Å²) >= 11 is 0. The topological polar surface area (TPSA) is 38.1 Å². The molecule has 2 heterocycles. The molecule has 0 fully saturated rings. The van der Waals surface area contributed by atoms with E-state index in [9.17, 15) is 4.79 Å². The maximum atomic E-state index is 12.1. The molecule has 0 spiro atoms. The molecule has 0 saturated carbocycles. The van der Waals surface area contributed by atoms with Crippen molar-refractivity contribution in [3.8, 4) is 0 Å². The number of aromatic nitrogens is 2. The summed E-state index contributed by atoms with van der Waals surface area (Å²) in [6.45, 7) is 3.13. The minimum absolute atomic E-state index is 0.270. The van der Waals surface area contributed by atoms with Crippen molar-refractivity contribution in [2.24, 2.45) is 0 Å². The molecule has 2 aromatic rings. The Morgan fingerprint density at radius 3 is 2.89 bits per heavy atom. The van der Waals surface area contributed by atoms with Gasteiger partial charge in [0.05, 0.1) is 13.1 Å². The van der Waals surface area contributed by atoms with Gasteiger partial charge in [0.15, 0.2) is 5.78 Å². The Bertz CT molecular complexity index is 562. The van der Waals surface area contributed by atoms with Gasteiger partial charge < -0.3 is 4.57 Å². The van der Waals surface area contributed by atoms with Crippen LogP contribution in [-0.4, -0.2) is 33.3 Å². The first kappa shape index (κ1) is 12.1. The summed E-state index contributed by atoms with van der Waals surface area (Å²) in [5.41, 5.74) is 1.09. The largest absolute Gasteiger partial charge is 0.333 e. The Labute approximate surface area is 112 Å². The summed E-state index contributed by atoms with van der Waals surface area (Å²) in [7, 11) is 0. The van der Waals surface area contributed by atoms with E-state index < -0.39 is 0 Å². The number of carbonyl (C=O) groups is 1. The first-order chi connectivity index (χ1) is 9.31. The number of carbonyl (C=O) groups excluding carboxylic acids is 1. The van der Waals surface area contributed by atoms with Crippen molar-refractivity contribution in [2.75, 3.05) is 13.1 Å². The van der Waals surface area contributed by atoms with Crippen molar-refractivity contribution < 1.29 is 4.79 Å². The number of nitrogens with zero attached hydrogens (tertiary/aromatic N) is 3. The third kappa shape index (κ3) is 2.90. The van der Waals surface area contributed by atoms with Crippen molar-refractivity contribution in [3.63, 3.8) is 0 Å². The molecule has 1 aromatic carbocycles. The van der Waals surface area contributed by atoms with Crippen LogP contribution < -0.4 is 0 Å². The van der Waals surface area contributed by atoms with Gasteiger partial charge in [0.1, 0.15) is 5.82 Å². The van der Waals surface area contributed by atoms with Gasteiger partial charge in [0, 0.05) is 31.9 Å². The van der Waals surface area contributed by atoms with Crippen LogP contribution in [0.25, 0.3) is 0 Å². The summed E-state index contributed by atoms with van der Waals surface area (Å²) in [5, 5.41) is 0. The first-order valence-corrected chi connectivity index (χ1v) is 6.59. The van der Waals surface area contributed by atoms with E-state index in [4.69, 9.17) is 0 Å². The highest BCUT2D eigenvalue weighted by Crippen LogP contribution is 2.10. The van der Waals surface area contributed by atoms with E-state index in [1.165, 1.54) is 0 Å². The van der Waals surface area contributed by atoms with Gasteiger partial charge >= 0.3 is 0 Å². The normalized spacial score (nSPS) is 15.2. The van der Waals surface area contributed by atoms with Crippen LogP contribution in [0.15, 0.2) is 42.7 Å². The molecular weight excluding hydrogens is 238 g/mol. The summed E-state index contributed by atoms with van der Waals surface area (Å²) in [4.78, 5) is 18.5. The molecule has 0 bridgehead atoms. The minimum atomic E-state index is 0.270. The van der Waals surface area contributed by atoms with Crippen molar-refractivity contribution in [3.05, 3.63) is 54.1 Å². The second-order valence-electron chi connectivity index (χ2n) is 4.95. The van der Waals surface area contributed by atoms with Crippen molar-refractivity contribution in [1.82, 2.24) is 14.5 Å². The van der Waals surface area contributed by atoms with E-state index in [1.54, 1.807) is 0 Å². The molecule has 98 valence electrons. The molecule has 1 aliphatic heterocycles. The van der Waals surface area contributed by atoms with Crippen LogP contribution in [0.1, 0.15) is 11.4 Å². The highest BCUT2D eigenvalue weighted by Gasteiger charge is 2.18. The molecule has 4 nitrogen and oxygen atoms in total. The Balaban J connectivity index is 1.56. The van der Waals surface area contributed by atoms with Crippen molar-refractivity contribution in [1.29, 1.82) is 0 Å². The van der Waals surface area contributed by atoms with Gasteiger partial charge in [-0.05, 0) is 5.56 Å².